The van der Waals surface area contributed by atoms with Gasteiger partial charge in [0.2, 0.25) is 0 Å². The summed E-state index contributed by atoms with van der Waals surface area (Å²) in [6.07, 6.45) is 0.0827. The van der Waals surface area contributed by atoms with Crippen molar-refractivity contribution in [2.24, 2.45) is 0 Å². The van der Waals surface area contributed by atoms with Crippen LogP contribution in [0.4, 0.5) is 5.69 Å². The Morgan fingerprint density at radius 1 is 1.24 bits per heavy atom. The molecule has 2 aromatic rings. The molecule has 3 heterocycles. The number of fused-ring (bicyclic) bond motifs is 3. The lowest BCUT2D eigenvalue weighted by Crippen LogP contribution is -2.34. The molecule has 2 aliphatic rings. The van der Waals surface area contributed by atoms with Crippen LogP contribution in [0.1, 0.15) is 48.6 Å². The van der Waals surface area contributed by atoms with Gasteiger partial charge in [0.05, 0.1) is 6.04 Å². The lowest BCUT2D eigenvalue weighted by atomic mass is 9.87. The average molecular weight is 301 g/mol. The van der Waals surface area contributed by atoms with E-state index in [4.69, 9.17) is 9.47 Å². The molecule has 0 saturated carbocycles. The van der Waals surface area contributed by atoms with Crippen molar-refractivity contribution in [2.45, 2.75) is 38.0 Å². The van der Waals surface area contributed by atoms with E-state index in [2.05, 4.69) is 54.2 Å². The standard InChI is InChI=1S/C17H19NO2S/c1-10(2)11-3-4-14-13(7-11)16-17(20-9-19-16)15(18-14)12-5-6-21-8-12/h3-8,10,15-18H,9H2,1-2H3. The largest absolute Gasteiger partial charge is 0.375 e. The number of thiophene rings is 1. The third-order valence-electron chi connectivity index (χ3n) is 4.40. The number of rotatable bonds is 2. The van der Waals surface area contributed by atoms with E-state index in [1.807, 2.05) is 0 Å². The zero-order chi connectivity index (χ0) is 14.4. The number of hydrogen-bond acceptors (Lipinski definition) is 4. The van der Waals surface area contributed by atoms with Crippen LogP contribution in [-0.2, 0) is 9.47 Å². The van der Waals surface area contributed by atoms with E-state index >= 15 is 0 Å². The van der Waals surface area contributed by atoms with E-state index in [0.717, 1.165) is 0 Å². The van der Waals surface area contributed by atoms with Crippen molar-refractivity contribution in [3.05, 3.63) is 51.7 Å². The molecule has 0 spiro atoms. The first-order valence-corrected chi connectivity index (χ1v) is 8.34. The first-order chi connectivity index (χ1) is 10.2. The fourth-order valence-electron chi connectivity index (χ4n) is 3.19. The highest BCUT2D eigenvalue weighted by atomic mass is 32.1. The van der Waals surface area contributed by atoms with E-state index in [-0.39, 0.29) is 18.2 Å². The van der Waals surface area contributed by atoms with Crippen LogP contribution in [0.3, 0.4) is 0 Å². The molecule has 2 aliphatic heterocycles. The van der Waals surface area contributed by atoms with E-state index in [1.54, 1.807) is 11.3 Å². The number of anilines is 1. The van der Waals surface area contributed by atoms with Gasteiger partial charge in [-0.1, -0.05) is 26.0 Å². The molecule has 4 rings (SSSR count). The fraction of sp³-hybridized carbons (Fsp3) is 0.412. The van der Waals surface area contributed by atoms with Gasteiger partial charge in [-0.15, -0.1) is 0 Å². The maximum Gasteiger partial charge on any atom is 0.148 e. The van der Waals surface area contributed by atoms with Crippen LogP contribution in [0.2, 0.25) is 0 Å². The first-order valence-electron chi connectivity index (χ1n) is 7.39. The molecule has 1 aromatic heterocycles. The Labute approximate surface area is 128 Å². The van der Waals surface area contributed by atoms with Crippen molar-refractivity contribution in [1.29, 1.82) is 0 Å². The Morgan fingerprint density at radius 2 is 2.14 bits per heavy atom. The van der Waals surface area contributed by atoms with Crippen LogP contribution < -0.4 is 5.32 Å². The summed E-state index contributed by atoms with van der Waals surface area (Å²) in [4.78, 5) is 0. The van der Waals surface area contributed by atoms with Gasteiger partial charge in [0, 0.05) is 11.3 Å². The molecular weight excluding hydrogens is 282 g/mol. The molecule has 3 atom stereocenters. The Kier molecular flexibility index (Phi) is 3.25. The maximum absolute atomic E-state index is 5.89. The minimum atomic E-state index is 0.0323. The molecule has 1 saturated heterocycles. The molecule has 21 heavy (non-hydrogen) atoms. The molecule has 0 aliphatic carbocycles. The number of ether oxygens (including phenoxy) is 2. The lowest BCUT2D eigenvalue weighted by molar-refractivity contribution is 0.0367. The second kappa shape index (κ2) is 5.13. The highest BCUT2D eigenvalue weighted by molar-refractivity contribution is 7.08. The smallest absolute Gasteiger partial charge is 0.148 e. The average Bonchev–Trinajstić information content (AvgIpc) is 3.17. The van der Waals surface area contributed by atoms with E-state index in [1.165, 1.54) is 22.4 Å². The Hall–Kier alpha value is -1.36. The van der Waals surface area contributed by atoms with Gasteiger partial charge in [-0.25, -0.2) is 0 Å². The summed E-state index contributed by atoms with van der Waals surface area (Å²) in [6, 6.07) is 8.98. The van der Waals surface area contributed by atoms with Gasteiger partial charge in [-0.3, -0.25) is 0 Å². The summed E-state index contributed by atoms with van der Waals surface area (Å²) in [5.74, 6) is 0.519. The van der Waals surface area contributed by atoms with Crippen LogP contribution in [0, 0.1) is 0 Å². The zero-order valence-electron chi connectivity index (χ0n) is 12.2. The van der Waals surface area contributed by atoms with Crippen LogP contribution in [0.25, 0.3) is 0 Å². The summed E-state index contributed by atoms with van der Waals surface area (Å²) < 4.78 is 11.8. The van der Waals surface area contributed by atoms with Crippen LogP contribution in [-0.4, -0.2) is 12.9 Å². The van der Waals surface area contributed by atoms with Gasteiger partial charge >= 0.3 is 0 Å². The predicted octanol–water partition coefficient (Wildman–Crippen LogP) is 4.45. The molecule has 1 N–H and O–H groups in total. The third-order valence-corrected chi connectivity index (χ3v) is 5.10. The molecule has 110 valence electrons. The molecule has 0 bridgehead atoms. The molecule has 3 unspecified atom stereocenters. The number of benzene rings is 1. The highest BCUT2D eigenvalue weighted by Gasteiger charge is 2.42. The van der Waals surface area contributed by atoms with Crippen molar-refractivity contribution in [3.8, 4) is 0 Å². The van der Waals surface area contributed by atoms with Gasteiger partial charge in [-0.2, -0.15) is 11.3 Å². The topological polar surface area (TPSA) is 30.5 Å². The van der Waals surface area contributed by atoms with Gasteiger partial charge in [0.1, 0.15) is 19.0 Å². The molecule has 0 radical (unpaired) electrons. The molecule has 0 amide bonds. The number of nitrogens with one attached hydrogen (secondary N) is 1. The summed E-state index contributed by atoms with van der Waals surface area (Å²) in [7, 11) is 0. The van der Waals surface area contributed by atoms with Crippen LogP contribution >= 0.6 is 11.3 Å². The SMILES string of the molecule is CC(C)c1ccc2c(c1)C1OCOC1C(c1ccsc1)N2. The molecular formula is C17H19NO2S. The van der Waals surface area contributed by atoms with E-state index in [9.17, 15) is 0 Å². The second-order valence-corrected chi connectivity index (χ2v) is 6.80. The molecule has 4 heteroatoms. The van der Waals surface area contributed by atoms with Crippen LogP contribution in [0.15, 0.2) is 35.0 Å². The van der Waals surface area contributed by atoms with Gasteiger partial charge in [0.15, 0.2) is 0 Å². The van der Waals surface area contributed by atoms with E-state index < -0.39 is 0 Å². The van der Waals surface area contributed by atoms with Gasteiger partial charge in [-0.05, 0) is 39.9 Å². The van der Waals surface area contributed by atoms with Crippen LogP contribution in [0.5, 0.6) is 0 Å². The molecule has 1 fully saturated rings. The Balaban J connectivity index is 1.77. The van der Waals surface area contributed by atoms with Crippen molar-refractivity contribution < 1.29 is 9.47 Å². The lowest BCUT2D eigenvalue weighted by Gasteiger charge is -2.35. The highest BCUT2D eigenvalue weighted by Crippen LogP contribution is 2.46. The normalized spacial score (nSPS) is 27.3. The maximum atomic E-state index is 5.89. The fourth-order valence-corrected chi connectivity index (χ4v) is 3.89. The summed E-state index contributed by atoms with van der Waals surface area (Å²) in [5.41, 5.74) is 5.02. The van der Waals surface area contributed by atoms with Crippen molar-refractivity contribution in [3.63, 3.8) is 0 Å². The number of hydrogen-bond donors (Lipinski definition) is 1. The molecule has 3 nitrogen and oxygen atoms in total. The van der Waals surface area contributed by atoms with Crippen molar-refractivity contribution in [2.75, 3.05) is 12.1 Å². The predicted molar refractivity (Wildman–Crippen MR) is 84.8 cm³/mol. The van der Waals surface area contributed by atoms with Gasteiger partial charge in [0.25, 0.3) is 0 Å². The quantitative estimate of drug-likeness (QED) is 0.889. The van der Waals surface area contributed by atoms with Crippen molar-refractivity contribution >= 4 is 17.0 Å². The van der Waals surface area contributed by atoms with Crippen molar-refractivity contribution in [1.82, 2.24) is 0 Å². The minimum absolute atomic E-state index is 0.0323. The minimum Gasteiger partial charge on any atom is -0.375 e. The van der Waals surface area contributed by atoms with E-state index in [0.29, 0.717) is 12.7 Å². The first kappa shape index (κ1) is 13.3. The summed E-state index contributed by atoms with van der Waals surface area (Å²) in [5, 5.41) is 7.93. The third kappa shape index (κ3) is 2.18. The van der Waals surface area contributed by atoms with Gasteiger partial charge < -0.3 is 14.8 Å². The monoisotopic (exact) mass is 301 g/mol. The summed E-state index contributed by atoms with van der Waals surface area (Å²) >= 11 is 1.72. The Morgan fingerprint density at radius 3 is 2.90 bits per heavy atom. The second-order valence-electron chi connectivity index (χ2n) is 6.02. The zero-order valence-corrected chi connectivity index (χ0v) is 13.0. The summed E-state index contributed by atoms with van der Waals surface area (Å²) in [6.45, 7) is 4.81. The molecule has 1 aromatic carbocycles. The Bertz CT molecular complexity index is 638.